The summed E-state index contributed by atoms with van der Waals surface area (Å²) >= 11 is 6.03. The van der Waals surface area contributed by atoms with Gasteiger partial charge in [-0.2, -0.15) is 4.98 Å². The number of hydrogen-bond donors (Lipinski definition) is 2. The first-order chi connectivity index (χ1) is 7.56. The molecule has 0 unspecified atom stereocenters. The number of aliphatic hydroxyl groups is 1. The van der Waals surface area contributed by atoms with Crippen LogP contribution in [0, 0.1) is 0 Å². The molecule has 0 saturated heterocycles. The van der Waals surface area contributed by atoms with Crippen molar-refractivity contribution in [2.24, 2.45) is 0 Å². The molecular formula is C10H17ClN4O. The van der Waals surface area contributed by atoms with Crippen molar-refractivity contribution in [2.45, 2.75) is 26.3 Å². The molecule has 0 spiro atoms. The Morgan fingerprint density at radius 3 is 2.81 bits per heavy atom. The van der Waals surface area contributed by atoms with Gasteiger partial charge in [-0.05, 0) is 20.3 Å². The van der Waals surface area contributed by atoms with Crippen LogP contribution in [0.15, 0.2) is 6.20 Å². The molecule has 6 heteroatoms. The van der Waals surface area contributed by atoms with Crippen molar-refractivity contribution in [1.29, 1.82) is 0 Å². The van der Waals surface area contributed by atoms with Crippen LogP contribution in [-0.4, -0.2) is 34.3 Å². The predicted octanol–water partition coefficient (Wildman–Crippen LogP) is 1.31. The fraction of sp³-hybridized carbons (Fsp3) is 0.600. The van der Waals surface area contributed by atoms with Gasteiger partial charge in [-0.25, -0.2) is 4.98 Å². The highest BCUT2D eigenvalue weighted by Gasteiger charge is 2.15. The van der Waals surface area contributed by atoms with E-state index in [1.165, 1.54) is 6.20 Å². The van der Waals surface area contributed by atoms with Crippen LogP contribution < -0.4 is 10.6 Å². The van der Waals surface area contributed by atoms with Crippen LogP contribution in [-0.2, 0) is 0 Å². The standard InChI is InChI=1S/C10H17ClN4O/c1-7(2)15(4-3-5-16)9-8(11)6-13-10(12)14-9/h6-7,16H,3-5H2,1-2H3,(H2,12,13,14). The highest BCUT2D eigenvalue weighted by molar-refractivity contribution is 6.32. The molecule has 1 aromatic heterocycles. The maximum absolute atomic E-state index is 8.85. The third-order valence-electron chi connectivity index (χ3n) is 2.20. The number of aromatic nitrogens is 2. The van der Waals surface area contributed by atoms with E-state index in [1.54, 1.807) is 0 Å². The topological polar surface area (TPSA) is 75.3 Å². The van der Waals surface area contributed by atoms with Gasteiger partial charge in [0.05, 0.1) is 6.20 Å². The van der Waals surface area contributed by atoms with Crippen LogP contribution in [0.3, 0.4) is 0 Å². The number of nitrogen functional groups attached to an aromatic ring is 1. The molecule has 0 atom stereocenters. The van der Waals surface area contributed by atoms with Gasteiger partial charge < -0.3 is 15.7 Å². The summed E-state index contributed by atoms with van der Waals surface area (Å²) in [4.78, 5) is 9.94. The molecule has 0 amide bonds. The van der Waals surface area contributed by atoms with Crippen molar-refractivity contribution in [1.82, 2.24) is 9.97 Å². The van der Waals surface area contributed by atoms with Crippen LogP contribution in [0.4, 0.5) is 11.8 Å². The molecule has 0 aliphatic heterocycles. The number of nitrogens with zero attached hydrogens (tertiary/aromatic N) is 3. The van der Waals surface area contributed by atoms with Gasteiger partial charge in [0.2, 0.25) is 5.95 Å². The Bertz CT molecular complexity index is 346. The quantitative estimate of drug-likeness (QED) is 0.817. The second kappa shape index (κ2) is 5.86. The molecule has 3 N–H and O–H groups in total. The van der Waals surface area contributed by atoms with E-state index in [0.29, 0.717) is 23.8 Å². The first-order valence-electron chi connectivity index (χ1n) is 5.21. The van der Waals surface area contributed by atoms with Crippen LogP contribution in [0.25, 0.3) is 0 Å². The summed E-state index contributed by atoms with van der Waals surface area (Å²) in [6.45, 7) is 4.89. The van der Waals surface area contributed by atoms with Gasteiger partial charge in [-0.3, -0.25) is 0 Å². The van der Waals surface area contributed by atoms with Crippen LogP contribution in [0.5, 0.6) is 0 Å². The number of anilines is 2. The minimum absolute atomic E-state index is 0.140. The molecule has 5 nitrogen and oxygen atoms in total. The first kappa shape index (κ1) is 13.0. The Morgan fingerprint density at radius 1 is 1.56 bits per heavy atom. The SMILES string of the molecule is CC(C)N(CCCO)c1nc(N)ncc1Cl. The number of aliphatic hydroxyl groups excluding tert-OH is 1. The van der Waals surface area contributed by atoms with Gasteiger partial charge in [0.1, 0.15) is 5.02 Å². The van der Waals surface area contributed by atoms with Crippen molar-refractivity contribution >= 4 is 23.4 Å². The number of rotatable bonds is 5. The van der Waals surface area contributed by atoms with Gasteiger partial charge in [0.15, 0.2) is 5.82 Å². The number of nitrogens with two attached hydrogens (primary N) is 1. The summed E-state index contributed by atoms with van der Waals surface area (Å²) in [5, 5.41) is 9.32. The first-order valence-corrected chi connectivity index (χ1v) is 5.59. The lowest BCUT2D eigenvalue weighted by atomic mass is 10.3. The van der Waals surface area contributed by atoms with E-state index in [1.807, 2.05) is 18.7 Å². The highest BCUT2D eigenvalue weighted by atomic mass is 35.5. The molecule has 90 valence electrons. The Hall–Kier alpha value is -1.07. The van der Waals surface area contributed by atoms with E-state index in [4.69, 9.17) is 22.4 Å². The molecule has 0 radical (unpaired) electrons. The average Bonchev–Trinajstić information content (AvgIpc) is 2.23. The molecule has 16 heavy (non-hydrogen) atoms. The van der Waals surface area contributed by atoms with Gasteiger partial charge in [0.25, 0.3) is 0 Å². The lowest BCUT2D eigenvalue weighted by molar-refractivity contribution is 0.288. The highest BCUT2D eigenvalue weighted by Crippen LogP contribution is 2.24. The zero-order valence-electron chi connectivity index (χ0n) is 9.52. The molecule has 1 aromatic rings. The zero-order chi connectivity index (χ0) is 12.1. The summed E-state index contributed by atoms with van der Waals surface area (Å²) in [7, 11) is 0. The number of halogens is 1. The molecule has 0 aliphatic carbocycles. The van der Waals surface area contributed by atoms with Crippen molar-refractivity contribution < 1.29 is 5.11 Å². The molecular weight excluding hydrogens is 228 g/mol. The predicted molar refractivity (Wildman–Crippen MR) is 65.6 cm³/mol. The molecule has 0 aromatic carbocycles. The lowest BCUT2D eigenvalue weighted by Gasteiger charge is -2.28. The van der Waals surface area contributed by atoms with Crippen LogP contribution in [0.2, 0.25) is 5.02 Å². The van der Waals surface area contributed by atoms with Gasteiger partial charge in [-0.1, -0.05) is 11.6 Å². The van der Waals surface area contributed by atoms with Gasteiger partial charge in [0, 0.05) is 19.2 Å². The van der Waals surface area contributed by atoms with Crippen molar-refractivity contribution in [3.63, 3.8) is 0 Å². The average molecular weight is 245 g/mol. The summed E-state index contributed by atoms with van der Waals surface area (Å²) in [6.07, 6.45) is 2.16. The van der Waals surface area contributed by atoms with Crippen molar-refractivity contribution in [3.05, 3.63) is 11.2 Å². The Labute approximate surface area is 100 Å². The second-order valence-electron chi connectivity index (χ2n) is 3.76. The Kier molecular flexibility index (Phi) is 4.76. The molecule has 0 bridgehead atoms. The largest absolute Gasteiger partial charge is 0.396 e. The summed E-state index contributed by atoms with van der Waals surface area (Å²) in [6, 6.07) is 0.235. The van der Waals surface area contributed by atoms with E-state index in [-0.39, 0.29) is 18.6 Å². The zero-order valence-corrected chi connectivity index (χ0v) is 10.3. The lowest BCUT2D eigenvalue weighted by Crippen LogP contribution is -2.33. The molecule has 0 aliphatic rings. The van der Waals surface area contributed by atoms with Crippen molar-refractivity contribution in [2.75, 3.05) is 23.8 Å². The third-order valence-corrected chi connectivity index (χ3v) is 2.46. The normalized spacial score (nSPS) is 10.8. The molecule has 0 fully saturated rings. The van der Waals surface area contributed by atoms with E-state index in [2.05, 4.69) is 9.97 Å². The maximum atomic E-state index is 8.85. The fourth-order valence-electron chi connectivity index (χ4n) is 1.42. The Balaban J connectivity index is 2.95. The molecule has 1 rings (SSSR count). The summed E-state index contributed by atoms with van der Waals surface area (Å²) in [5.74, 6) is 0.826. The third kappa shape index (κ3) is 3.21. The second-order valence-corrected chi connectivity index (χ2v) is 4.17. The van der Waals surface area contributed by atoms with E-state index >= 15 is 0 Å². The number of hydrogen-bond acceptors (Lipinski definition) is 5. The van der Waals surface area contributed by atoms with Crippen LogP contribution >= 0.6 is 11.6 Å². The van der Waals surface area contributed by atoms with E-state index in [9.17, 15) is 0 Å². The van der Waals surface area contributed by atoms with E-state index in [0.717, 1.165) is 0 Å². The summed E-state index contributed by atoms with van der Waals surface area (Å²) in [5.41, 5.74) is 5.54. The Morgan fingerprint density at radius 2 is 2.25 bits per heavy atom. The van der Waals surface area contributed by atoms with Gasteiger partial charge >= 0.3 is 0 Å². The molecule has 0 saturated carbocycles. The van der Waals surface area contributed by atoms with Crippen molar-refractivity contribution in [3.8, 4) is 0 Å². The van der Waals surface area contributed by atoms with Gasteiger partial charge in [-0.15, -0.1) is 0 Å². The fourth-order valence-corrected chi connectivity index (χ4v) is 1.62. The summed E-state index contributed by atoms with van der Waals surface area (Å²) < 4.78 is 0. The minimum Gasteiger partial charge on any atom is -0.396 e. The monoisotopic (exact) mass is 244 g/mol. The van der Waals surface area contributed by atoms with Crippen LogP contribution in [0.1, 0.15) is 20.3 Å². The van der Waals surface area contributed by atoms with E-state index < -0.39 is 0 Å². The maximum Gasteiger partial charge on any atom is 0.222 e. The smallest absolute Gasteiger partial charge is 0.222 e. The minimum atomic E-state index is 0.140. The molecule has 1 heterocycles.